The van der Waals surface area contributed by atoms with Crippen molar-refractivity contribution in [2.24, 2.45) is 0 Å². The number of carbonyl (C=O) groups excluding carboxylic acids is 1. The van der Waals surface area contributed by atoms with Crippen LogP contribution in [-0.4, -0.2) is 67.7 Å². The van der Waals surface area contributed by atoms with Gasteiger partial charge >= 0.3 is 6.01 Å². The van der Waals surface area contributed by atoms with Crippen molar-refractivity contribution in [2.45, 2.75) is 31.1 Å². The predicted octanol–water partition coefficient (Wildman–Crippen LogP) is 0.145. The van der Waals surface area contributed by atoms with E-state index < -0.39 is 34.2 Å². The molecule has 0 fully saturated rings. The SMILES string of the molecule is COCCC(O)C(O)C(Cc1ccccc1)NC(=O)c1coc(NS(C)(=O)=O)n1. The Labute approximate surface area is 169 Å². The number of carbonyl (C=O) groups is 1. The van der Waals surface area contributed by atoms with E-state index in [-0.39, 0.29) is 31.2 Å². The number of aliphatic hydroxyl groups excluding tert-OH is 2. The lowest BCUT2D eigenvalue weighted by atomic mass is 9.96. The van der Waals surface area contributed by atoms with Crippen LogP contribution < -0.4 is 10.0 Å². The Bertz CT molecular complexity index is 886. The first kappa shape index (κ1) is 22.8. The second kappa shape index (κ2) is 10.3. The van der Waals surface area contributed by atoms with E-state index in [1.54, 1.807) is 0 Å². The van der Waals surface area contributed by atoms with Gasteiger partial charge in [0.25, 0.3) is 5.91 Å². The molecule has 1 amide bonds. The molecular formula is C18H25N3O7S. The second-order valence-corrected chi connectivity index (χ2v) is 8.27. The van der Waals surface area contributed by atoms with Crippen LogP contribution in [0.15, 0.2) is 41.0 Å². The Morgan fingerprint density at radius 2 is 1.97 bits per heavy atom. The highest BCUT2D eigenvalue weighted by Crippen LogP contribution is 2.14. The Kier molecular flexibility index (Phi) is 8.14. The maximum Gasteiger partial charge on any atom is 0.309 e. The highest BCUT2D eigenvalue weighted by Gasteiger charge is 2.29. The summed E-state index contributed by atoms with van der Waals surface area (Å²) >= 11 is 0. The Balaban J connectivity index is 2.14. The quantitative estimate of drug-likeness (QED) is 0.395. The van der Waals surface area contributed by atoms with Crippen LogP contribution in [-0.2, 0) is 21.2 Å². The number of hydrogen-bond acceptors (Lipinski definition) is 8. The van der Waals surface area contributed by atoms with Gasteiger partial charge in [-0.2, -0.15) is 4.98 Å². The van der Waals surface area contributed by atoms with E-state index in [9.17, 15) is 23.4 Å². The van der Waals surface area contributed by atoms with Crippen molar-refractivity contribution in [3.63, 3.8) is 0 Å². The van der Waals surface area contributed by atoms with Gasteiger partial charge in [-0.1, -0.05) is 30.3 Å². The Morgan fingerprint density at radius 1 is 1.28 bits per heavy atom. The van der Waals surface area contributed by atoms with Crippen LogP contribution in [0.5, 0.6) is 0 Å². The van der Waals surface area contributed by atoms with E-state index in [1.807, 2.05) is 35.1 Å². The van der Waals surface area contributed by atoms with E-state index in [0.717, 1.165) is 18.1 Å². The van der Waals surface area contributed by atoms with Crippen LogP contribution in [0.2, 0.25) is 0 Å². The minimum atomic E-state index is -3.61. The van der Waals surface area contributed by atoms with Gasteiger partial charge in [0.15, 0.2) is 5.69 Å². The average molecular weight is 427 g/mol. The molecule has 3 unspecified atom stereocenters. The maximum atomic E-state index is 12.5. The molecule has 2 aromatic rings. The van der Waals surface area contributed by atoms with Gasteiger partial charge in [0.1, 0.15) is 12.4 Å². The molecule has 0 saturated carbocycles. The number of amides is 1. The molecule has 0 aliphatic heterocycles. The molecule has 0 aliphatic rings. The van der Waals surface area contributed by atoms with Gasteiger partial charge in [-0.05, 0) is 18.4 Å². The Morgan fingerprint density at radius 3 is 2.59 bits per heavy atom. The first-order chi connectivity index (χ1) is 13.7. The summed E-state index contributed by atoms with van der Waals surface area (Å²) in [6.45, 7) is 0.244. The minimum absolute atomic E-state index is 0.173. The molecule has 4 N–H and O–H groups in total. The minimum Gasteiger partial charge on any atom is -0.431 e. The fourth-order valence-electron chi connectivity index (χ4n) is 2.63. The lowest BCUT2D eigenvalue weighted by Gasteiger charge is -2.27. The fourth-order valence-corrected chi connectivity index (χ4v) is 3.04. The zero-order valence-corrected chi connectivity index (χ0v) is 16.9. The zero-order valence-electron chi connectivity index (χ0n) is 16.1. The molecule has 1 aromatic carbocycles. The van der Waals surface area contributed by atoms with Crippen LogP contribution in [0.4, 0.5) is 6.01 Å². The van der Waals surface area contributed by atoms with Crippen molar-refractivity contribution in [2.75, 3.05) is 24.7 Å². The van der Waals surface area contributed by atoms with Crippen LogP contribution in [0.25, 0.3) is 0 Å². The van der Waals surface area contributed by atoms with Crippen molar-refractivity contribution < 1.29 is 32.6 Å². The summed E-state index contributed by atoms with van der Waals surface area (Å²) in [5.74, 6) is -0.686. The number of hydrogen-bond donors (Lipinski definition) is 4. The largest absolute Gasteiger partial charge is 0.431 e. The van der Waals surface area contributed by atoms with Crippen molar-refractivity contribution in [3.05, 3.63) is 47.9 Å². The number of aromatic nitrogens is 1. The number of nitrogens with one attached hydrogen (secondary N) is 2. The second-order valence-electron chi connectivity index (χ2n) is 6.52. The van der Waals surface area contributed by atoms with Crippen molar-refractivity contribution in [1.82, 2.24) is 10.3 Å². The molecule has 0 spiro atoms. The number of anilines is 1. The summed E-state index contributed by atoms with van der Waals surface area (Å²) in [4.78, 5) is 16.3. The van der Waals surface area contributed by atoms with E-state index in [4.69, 9.17) is 9.15 Å². The molecule has 0 radical (unpaired) electrons. The smallest absolute Gasteiger partial charge is 0.309 e. The third kappa shape index (κ3) is 7.46. The third-order valence-corrected chi connectivity index (χ3v) is 4.59. The number of sulfonamides is 1. The summed E-state index contributed by atoms with van der Waals surface area (Å²) in [5, 5.41) is 23.4. The van der Waals surface area contributed by atoms with E-state index in [1.165, 1.54) is 7.11 Å². The van der Waals surface area contributed by atoms with E-state index in [0.29, 0.717) is 0 Å². The lowest BCUT2D eigenvalue weighted by molar-refractivity contribution is -0.0177. The predicted molar refractivity (Wildman–Crippen MR) is 105 cm³/mol. The molecular weight excluding hydrogens is 402 g/mol. The highest BCUT2D eigenvalue weighted by atomic mass is 32.2. The molecule has 11 heteroatoms. The summed E-state index contributed by atoms with van der Waals surface area (Å²) < 4.78 is 34.3. The summed E-state index contributed by atoms with van der Waals surface area (Å²) in [7, 11) is -2.13. The molecule has 160 valence electrons. The third-order valence-electron chi connectivity index (χ3n) is 4.05. The van der Waals surface area contributed by atoms with Gasteiger partial charge in [0.05, 0.1) is 18.4 Å². The highest BCUT2D eigenvalue weighted by molar-refractivity contribution is 7.91. The zero-order chi connectivity index (χ0) is 21.4. The van der Waals surface area contributed by atoms with Crippen LogP contribution in [0.1, 0.15) is 22.5 Å². The molecule has 0 bridgehead atoms. The summed E-state index contributed by atoms with van der Waals surface area (Å²) in [6, 6.07) is 7.96. The van der Waals surface area contributed by atoms with Gasteiger partial charge in [0.2, 0.25) is 10.0 Å². The molecule has 3 atom stereocenters. The average Bonchev–Trinajstić information content (AvgIpc) is 3.12. The van der Waals surface area contributed by atoms with E-state index in [2.05, 4.69) is 10.3 Å². The van der Waals surface area contributed by atoms with Gasteiger partial charge in [-0.25, -0.2) is 13.1 Å². The number of nitrogens with zero attached hydrogens (tertiary/aromatic N) is 1. The number of ether oxygens (including phenoxy) is 1. The molecule has 10 nitrogen and oxygen atoms in total. The monoisotopic (exact) mass is 427 g/mol. The fraction of sp³-hybridized carbons (Fsp3) is 0.444. The van der Waals surface area contributed by atoms with Crippen molar-refractivity contribution in [1.29, 1.82) is 0 Å². The molecule has 0 saturated heterocycles. The number of benzene rings is 1. The number of oxazole rings is 1. The normalized spacial score (nSPS) is 14.8. The van der Waals surface area contributed by atoms with Crippen LogP contribution in [0.3, 0.4) is 0 Å². The van der Waals surface area contributed by atoms with Crippen molar-refractivity contribution in [3.8, 4) is 0 Å². The van der Waals surface area contributed by atoms with Crippen LogP contribution in [0, 0.1) is 0 Å². The topological polar surface area (TPSA) is 151 Å². The lowest BCUT2D eigenvalue weighted by Crippen LogP contribution is -2.50. The number of methoxy groups -OCH3 is 1. The van der Waals surface area contributed by atoms with Gasteiger partial charge in [-0.15, -0.1) is 0 Å². The van der Waals surface area contributed by atoms with Gasteiger partial charge in [-0.3, -0.25) is 4.79 Å². The maximum absolute atomic E-state index is 12.5. The summed E-state index contributed by atoms with van der Waals surface area (Å²) in [5.41, 5.74) is 0.670. The first-order valence-electron chi connectivity index (χ1n) is 8.82. The number of rotatable bonds is 11. The van der Waals surface area contributed by atoms with Crippen LogP contribution >= 0.6 is 0 Å². The molecule has 1 aromatic heterocycles. The van der Waals surface area contributed by atoms with E-state index >= 15 is 0 Å². The molecule has 0 aliphatic carbocycles. The van der Waals surface area contributed by atoms with Gasteiger partial charge in [0, 0.05) is 13.7 Å². The molecule has 2 rings (SSSR count). The van der Waals surface area contributed by atoms with Crippen molar-refractivity contribution >= 4 is 21.9 Å². The standard InChI is InChI=1S/C18H25N3O7S/c1-27-9-8-15(22)16(23)13(10-12-6-4-3-5-7-12)19-17(24)14-11-28-18(20-14)21-29(2,25)26/h3-7,11,13,15-16,22-23H,8-10H2,1-2H3,(H,19,24)(H,20,21). The van der Waals surface area contributed by atoms with Gasteiger partial charge < -0.3 is 24.7 Å². The first-order valence-corrected chi connectivity index (χ1v) is 10.7. The Hall–Kier alpha value is -2.47. The number of aliphatic hydroxyl groups is 2. The molecule has 1 heterocycles. The summed E-state index contributed by atoms with van der Waals surface area (Å²) in [6.07, 6.45) is -0.0330. The molecule has 29 heavy (non-hydrogen) atoms.